The van der Waals surface area contributed by atoms with Crippen LogP contribution in [0.1, 0.15) is 18.7 Å². The van der Waals surface area contributed by atoms with E-state index in [0.29, 0.717) is 24.6 Å². The number of sulfone groups is 1. The molecule has 2 N–H and O–H groups in total. The lowest BCUT2D eigenvalue weighted by atomic mass is 9.95. The minimum Gasteiger partial charge on any atom is -0.325 e. The molecule has 7 nitrogen and oxygen atoms in total. The van der Waals surface area contributed by atoms with Crippen LogP contribution in [0.25, 0.3) is 11.3 Å². The van der Waals surface area contributed by atoms with Gasteiger partial charge < -0.3 is 10.6 Å². The van der Waals surface area contributed by atoms with Crippen molar-refractivity contribution >= 4 is 33.8 Å². The van der Waals surface area contributed by atoms with Crippen molar-refractivity contribution in [1.29, 1.82) is 0 Å². The molecule has 1 aliphatic heterocycles. The molecule has 146 valence electrons. The first-order chi connectivity index (χ1) is 12.3. The van der Waals surface area contributed by atoms with Gasteiger partial charge in [0, 0.05) is 23.7 Å². The summed E-state index contributed by atoms with van der Waals surface area (Å²) in [7, 11) is -3.55. The van der Waals surface area contributed by atoms with Crippen LogP contribution in [0.3, 0.4) is 0 Å². The topological polar surface area (TPSA) is 101 Å². The van der Waals surface area contributed by atoms with Crippen LogP contribution in [-0.2, 0) is 14.6 Å². The van der Waals surface area contributed by atoms with Crippen LogP contribution in [0.2, 0.25) is 0 Å². The summed E-state index contributed by atoms with van der Waals surface area (Å²) in [6.07, 6.45) is 3.35. The average Bonchev–Trinajstić information content (AvgIpc) is 2.61. The molecule has 9 heteroatoms. The van der Waals surface area contributed by atoms with Gasteiger partial charge in [-0.05, 0) is 51.1 Å². The number of carbonyl (C=O) groups is 1. The first-order valence-electron chi connectivity index (χ1n) is 8.44. The van der Waals surface area contributed by atoms with Gasteiger partial charge in [-0.25, -0.2) is 18.4 Å². The van der Waals surface area contributed by atoms with E-state index in [1.165, 1.54) is 0 Å². The average molecular weight is 411 g/mol. The van der Waals surface area contributed by atoms with Crippen LogP contribution in [0.4, 0.5) is 5.69 Å². The predicted octanol–water partition coefficient (Wildman–Crippen LogP) is 1.98. The highest BCUT2D eigenvalue weighted by atomic mass is 35.5. The molecule has 1 aromatic heterocycles. The van der Waals surface area contributed by atoms with Gasteiger partial charge in [0.05, 0.1) is 5.69 Å². The van der Waals surface area contributed by atoms with Crippen molar-refractivity contribution in [3.05, 3.63) is 42.4 Å². The first-order valence-corrected chi connectivity index (χ1v) is 10.3. The Morgan fingerprint density at radius 1 is 1.22 bits per heavy atom. The van der Waals surface area contributed by atoms with Crippen LogP contribution < -0.4 is 10.6 Å². The van der Waals surface area contributed by atoms with Crippen molar-refractivity contribution < 1.29 is 13.2 Å². The second-order valence-corrected chi connectivity index (χ2v) is 8.87. The largest absolute Gasteiger partial charge is 0.325 e. The molecule has 2 heterocycles. The molecule has 1 fully saturated rings. The fraction of sp³-hybridized carbons (Fsp3) is 0.389. The predicted molar refractivity (Wildman–Crippen MR) is 108 cm³/mol. The highest BCUT2D eigenvalue weighted by molar-refractivity contribution is 7.92. The fourth-order valence-electron chi connectivity index (χ4n) is 3.22. The van der Waals surface area contributed by atoms with Gasteiger partial charge in [0.15, 0.2) is 14.6 Å². The third-order valence-electron chi connectivity index (χ3n) is 4.73. The molecule has 0 bridgehead atoms. The maximum Gasteiger partial charge on any atom is 0.245 e. The van der Waals surface area contributed by atoms with Gasteiger partial charge in [-0.2, -0.15) is 0 Å². The molecule has 27 heavy (non-hydrogen) atoms. The molecule has 3 rings (SSSR count). The van der Waals surface area contributed by atoms with E-state index < -0.39 is 20.5 Å². The number of piperidine rings is 1. The smallest absolute Gasteiger partial charge is 0.245 e. The van der Waals surface area contributed by atoms with E-state index in [4.69, 9.17) is 0 Å². The Labute approximate surface area is 165 Å². The molecular formula is C18H23ClN4O3S. The molecule has 1 saturated heterocycles. The second kappa shape index (κ2) is 8.33. The third kappa shape index (κ3) is 4.45. The van der Waals surface area contributed by atoms with Crippen molar-refractivity contribution in [3.8, 4) is 11.3 Å². The molecule has 0 saturated carbocycles. The van der Waals surface area contributed by atoms with Crippen molar-refractivity contribution in [1.82, 2.24) is 15.3 Å². The maximum atomic E-state index is 12.9. The van der Waals surface area contributed by atoms with Gasteiger partial charge in [0.1, 0.15) is 5.82 Å². The SMILES string of the molecule is Cc1nccc(-c2cccc(NC(=O)C3(S(C)(=O)=O)CCNCC3)c2)n1.Cl. The second-order valence-electron chi connectivity index (χ2n) is 6.54. The zero-order valence-electron chi connectivity index (χ0n) is 15.2. The summed E-state index contributed by atoms with van der Waals surface area (Å²) in [5.74, 6) is 0.181. The molecule has 0 spiro atoms. The summed E-state index contributed by atoms with van der Waals surface area (Å²) in [6.45, 7) is 2.81. The van der Waals surface area contributed by atoms with Gasteiger partial charge in [0.25, 0.3) is 0 Å². The fourth-order valence-corrected chi connectivity index (χ4v) is 4.55. The van der Waals surface area contributed by atoms with E-state index in [1.807, 2.05) is 13.0 Å². The molecule has 1 aliphatic rings. The van der Waals surface area contributed by atoms with E-state index in [9.17, 15) is 13.2 Å². The van der Waals surface area contributed by atoms with Crippen LogP contribution in [-0.4, -0.2) is 48.4 Å². The molecule has 2 aromatic rings. The van der Waals surface area contributed by atoms with Crippen molar-refractivity contribution in [2.75, 3.05) is 24.7 Å². The number of rotatable bonds is 4. The number of nitrogens with zero attached hydrogens (tertiary/aromatic N) is 2. The number of anilines is 1. The highest BCUT2D eigenvalue weighted by Gasteiger charge is 2.48. The zero-order chi connectivity index (χ0) is 18.8. The Balaban J connectivity index is 0.00000261. The summed E-state index contributed by atoms with van der Waals surface area (Å²) >= 11 is 0. The minimum atomic E-state index is -3.55. The van der Waals surface area contributed by atoms with E-state index >= 15 is 0 Å². The molecule has 0 unspecified atom stereocenters. The molecule has 0 aliphatic carbocycles. The number of nitrogens with one attached hydrogen (secondary N) is 2. The van der Waals surface area contributed by atoms with E-state index in [2.05, 4.69) is 20.6 Å². The highest BCUT2D eigenvalue weighted by Crippen LogP contribution is 2.30. The van der Waals surface area contributed by atoms with E-state index in [0.717, 1.165) is 17.5 Å². The van der Waals surface area contributed by atoms with Crippen molar-refractivity contribution in [2.24, 2.45) is 0 Å². The number of aryl methyl sites for hydroxylation is 1. The number of amides is 1. The lowest BCUT2D eigenvalue weighted by Gasteiger charge is -2.34. The van der Waals surface area contributed by atoms with Gasteiger partial charge in [0.2, 0.25) is 5.91 Å². The number of hydrogen-bond acceptors (Lipinski definition) is 6. The van der Waals surface area contributed by atoms with Crippen LogP contribution in [0.5, 0.6) is 0 Å². The first kappa shape index (κ1) is 21.3. The standard InChI is InChI=1S/C18H22N4O3S.ClH/c1-13-20-9-6-16(21-13)14-4-3-5-15(12-14)22-17(23)18(26(2,24)25)7-10-19-11-8-18;/h3-6,9,12,19H,7-8,10-11H2,1-2H3,(H,22,23);1H. The lowest BCUT2D eigenvalue weighted by Crippen LogP contribution is -2.55. The number of hydrogen-bond donors (Lipinski definition) is 2. The van der Waals surface area contributed by atoms with Crippen LogP contribution in [0.15, 0.2) is 36.5 Å². The van der Waals surface area contributed by atoms with Crippen LogP contribution >= 0.6 is 12.4 Å². The Kier molecular flexibility index (Phi) is 6.56. The molecular weight excluding hydrogens is 388 g/mol. The molecule has 1 aromatic carbocycles. The molecule has 1 amide bonds. The Morgan fingerprint density at radius 2 is 1.93 bits per heavy atom. The summed E-state index contributed by atoms with van der Waals surface area (Å²) < 4.78 is 23.3. The summed E-state index contributed by atoms with van der Waals surface area (Å²) in [5, 5.41) is 5.90. The molecule has 0 radical (unpaired) electrons. The lowest BCUT2D eigenvalue weighted by molar-refractivity contribution is -0.119. The summed E-state index contributed by atoms with van der Waals surface area (Å²) in [5.41, 5.74) is 2.12. The third-order valence-corrected chi connectivity index (χ3v) is 6.74. The molecule has 0 atom stereocenters. The number of halogens is 1. The zero-order valence-corrected chi connectivity index (χ0v) is 16.9. The number of benzene rings is 1. The van der Waals surface area contributed by atoms with E-state index in [1.54, 1.807) is 30.5 Å². The monoisotopic (exact) mass is 410 g/mol. The minimum absolute atomic E-state index is 0. The van der Waals surface area contributed by atoms with Crippen LogP contribution in [0, 0.1) is 6.92 Å². The summed E-state index contributed by atoms with van der Waals surface area (Å²) in [4.78, 5) is 21.4. The number of carbonyl (C=O) groups excluding carboxylic acids is 1. The van der Waals surface area contributed by atoms with Gasteiger partial charge in [-0.3, -0.25) is 4.79 Å². The summed E-state index contributed by atoms with van der Waals surface area (Å²) in [6, 6.07) is 9.01. The number of aromatic nitrogens is 2. The maximum absolute atomic E-state index is 12.9. The van der Waals surface area contributed by atoms with Crippen molar-refractivity contribution in [3.63, 3.8) is 0 Å². The quantitative estimate of drug-likeness (QED) is 0.799. The van der Waals surface area contributed by atoms with Gasteiger partial charge >= 0.3 is 0 Å². The van der Waals surface area contributed by atoms with E-state index in [-0.39, 0.29) is 25.2 Å². The van der Waals surface area contributed by atoms with Gasteiger partial charge in [-0.1, -0.05) is 12.1 Å². The van der Waals surface area contributed by atoms with Crippen molar-refractivity contribution in [2.45, 2.75) is 24.5 Å². The Morgan fingerprint density at radius 3 is 2.56 bits per heavy atom. The normalized spacial score (nSPS) is 16.2. The van der Waals surface area contributed by atoms with Gasteiger partial charge in [-0.15, -0.1) is 12.4 Å². The Bertz CT molecular complexity index is 928. The Hall–Kier alpha value is -2.03.